The highest BCUT2D eigenvalue weighted by Gasteiger charge is 2.52. The number of benzene rings is 1. The Morgan fingerprint density at radius 2 is 1.71 bits per heavy atom. The molecular formula is C15H16Cl2N2O2. The number of nitrogens with zero attached hydrogens (tertiary/aromatic N) is 1. The van der Waals surface area contributed by atoms with Crippen LogP contribution in [0.4, 0.5) is 4.79 Å². The maximum absolute atomic E-state index is 12.3. The van der Waals surface area contributed by atoms with Gasteiger partial charge in [0.15, 0.2) is 0 Å². The van der Waals surface area contributed by atoms with Crippen LogP contribution in [0.15, 0.2) is 18.2 Å². The van der Waals surface area contributed by atoms with Crippen molar-refractivity contribution in [1.82, 2.24) is 10.2 Å². The molecule has 1 aliphatic heterocycles. The van der Waals surface area contributed by atoms with Crippen LogP contribution in [0.1, 0.15) is 37.7 Å². The van der Waals surface area contributed by atoms with Gasteiger partial charge in [0, 0.05) is 15.6 Å². The molecule has 2 fully saturated rings. The Morgan fingerprint density at radius 3 is 2.33 bits per heavy atom. The van der Waals surface area contributed by atoms with E-state index in [4.69, 9.17) is 23.2 Å². The maximum atomic E-state index is 12.3. The van der Waals surface area contributed by atoms with Gasteiger partial charge in [-0.05, 0) is 25.0 Å². The van der Waals surface area contributed by atoms with Crippen LogP contribution in [0.5, 0.6) is 0 Å². The zero-order chi connectivity index (χ0) is 15.0. The molecule has 1 saturated carbocycles. The van der Waals surface area contributed by atoms with E-state index in [-0.39, 0.29) is 18.5 Å². The molecule has 0 bridgehead atoms. The second kappa shape index (κ2) is 5.50. The summed E-state index contributed by atoms with van der Waals surface area (Å²) in [6, 6.07) is 4.90. The normalized spacial score (nSPS) is 21.0. The Bertz CT molecular complexity index is 577. The molecule has 4 nitrogen and oxygen atoms in total. The number of rotatable bonds is 2. The van der Waals surface area contributed by atoms with Gasteiger partial charge in [-0.15, -0.1) is 0 Å². The second-order valence-electron chi connectivity index (χ2n) is 5.64. The summed E-state index contributed by atoms with van der Waals surface area (Å²) in [5.74, 6) is -0.185. The summed E-state index contributed by atoms with van der Waals surface area (Å²) in [6.07, 6.45) is 4.41. The van der Waals surface area contributed by atoms with Crippen LogP contribution in [0.25, 0.3) is 0 Å². The van der Waals surface area contributed by atoms with Crippen LogP contribution in [0, 0.1) is 0 Å². The van der Waals surface area contributed by atoms with Crippen LogP contribution in [-0.2, 0) is 11.3 Å². The molecule has 3 rings (SSSR count). The van der Waals surface area contributed by atoms with Crippen LogP contribution < -0.4 is 5.32 Å². The van der Waals surface area contributed by atoms with Gasteiger partial charge in [0.25, 0.3) is 5.91 Å². The molecule has 0 atom stereocenters. The van der Waals surface area contributed by atoms with Gasteiger partial charge >= 0.3 is 6.03 Å². The van der Waals surface area contributed by atoms with Crippen molar-refractivity contribution in [2.45, 2.75) is 44.2 Å². The van der Waals surface area contributed by atoms with Crippen molar-refractivity contribution in [1.29, 1.82) is 0 Å². The lowest BCUT2D eigenvalue weighted by Gasteiger charge is -2.38. The molecule has 6 heteroatoms. The van der Waals surface area contributed by atoms with Gasteiger partial charge in [0.2, 0.25) is 0 Å². The first-order chi connectivity index (χ1) is 10.0. The molecule has 112 valence electrons. The van der Waals surface area contributed by atoms with E-state index >= 15 is 0 Å². The van der Waals surface area contributed by atoms with Gasteiger partial charge in [-0.3, -0.25) is 10.1 Å². The lowest BCUT2D eigenvalue weighted by atomic mass is 9.80. The zero-order valence-electron chi connectivity index (χ0n) is 11.5. The molecule has 1 aromatic rings. The van der Waals surface area contributed by atoms with Gasteiger partial charge in [0.05, 0.1) is 6.54 Å². The quantitative estimate of drug-likeness (QED) is 0.841. The first-order valence-corrected chi connectivity index (χ1v) is 7.86. The predicted molar refractivity (Wildman–Crippen MR) is 81.4 cm³/mol. The first-order valence-electron chi connectivity index (χ1n) is 7.10. The Morgan fingerprint density at radius 1 is 1.10 bits per heavy atom. The molecule has 21 heavy (non-hydrogen) atoms. The number of imide groups is 1. The van der Waals surface area contributed by atoms with E-state index < -0.39 is 5.54 Å². The van der Waals surface area contributed by atoms with Crippen LogP contribution in [0.3, 0.4) is 0 Å². The van der Waals surface area contributed by atoms with E-state index in [2.05, 4.69) is 5.32 Å². The second-order valence-corrected chi connectivity index (χ2v) is 6.45. The van der Waals surface area contributed by atoms with Crippen molar-refractivity contribution in [3.05, 3.63) is 33.8 Å². The number of hydrogen-bond acceptors (Lipinski definition) is 2. The summed E-state index contributed by atoms with van der Waals surface area (Å²) in [5.41, 5.74) is -0.0340. The highest BCUT2D eigenvalue weighted by atomic mass is 35.5. The number of halogens is 2. The minimum absolute atomic E-state index is 0.185. The Labute approximate surface area is 133 Å². The van der Waals surface area contributed by atoms with E-state index in [1.807, 2.05) is 0 Å². The minimum atomic E-state index is -0.724. The lowest BCUT2D eigenvalue weighted by Crippen LogP contribution is -2.50. The lowest BCUT2D eigenvalue weighted by molar-refractivity contribution is -0.128. The summed E-state index contributed by atoms with van der Waals surface area (Å²) in [4.78, 5) is 26.1. The Kier molecular flexibility index (Phi) is 3.84. The summed E-state index contributed by atoms with van der Waals surface area (Å²) in [6.45, 7) is 0.260. The molecule has 1 spiro atoms. The topological polar surface area (TPSA) is 49.4 Å². The molecule has 1 N–H and O–H groups in total. The maximum Gasteiger partial charge on any atom is 0.325 e. The van der Waals surface area contributed by atoms with Gasteiger partial charge in [-0.1, -0.05) is 48.5 Å². The molecule has 2 aliphatic rings. The molecule has 1 aromatic carbocycles. The Balaban J connectivity index is 1.95. The van der Waals surface area contributed by atoms with Gasteiger partial charge in [-0.2, -0.15) is 0 Å². The van der Waals surface area contributed by atoms with Crippen molar-refractivity contribution >= 4 is 35.1 Å². The number of carbonyl (C=O) groups excluding carboxylic acids is 2. The third-order valence-electron chi connectivity index (χ3n) is 4.46. The number of amides is 3. The fraction of sp³-hybridized carbons (Fsp3) is 0.467. The average molecular weight is 327 g/mol. The summed E-state index contributed by atoms with van der Waals surface area (Å²) < 4.78 is 0. The molecule has 1 aliphatic carbocycles. The number of nitrogens with one attached hydrogen (secondary N) is 1. The highest BCUT2D eigenvalue weighted by molar-refractivity contribution is 6.36. The van der Waals surface area contributed by atoms with Crippen molar-refractivity contribution in [2.24, 2.45) is 0 Å². The van der Waals surface area contributed by atoms with Gasteiger partial charge in [-0.25, -0.2) is 4.79 Å². The minimum Gasteiger partial charge on any atom is -0.305 e. The zero-order valence-corrected chi connectivity index (χ0v) is 13.0. The average Bonchev–Trinajstić information content (AvgIpc) is 2.67. The molecule has 3 amide bonds. The van der Waals surface area contributed by atoms with E-state index in [1.165, 1.54) is 0 Å². The molecule has 0 aromatic heterocycles. The summed E-state index contributed by atoms with van der Waals surface area (Å²) >= 11 is 12.4. The standard InChI is InChI=1S/C15H16Cl2N2O2/c16-11-5-4-6-12(17)10(11)9-19-14(21)18-13(20)15(19)7-2-1-3-8-15/h4-6H,1-3,7-9H2,(H,18,20,21). The third kappa shape index (κ3) is 2.40. The van der Waals surface area contributed by atoms with Crippen molar-refractivity contribution < 1.29 is 9.59 Å². The molecule has 0 radical (unpaired) electrons. The fourth-order valence-electron chi connectivity index (χ4n) is 3.30. The van der Waals surface area contributed by atoms with Crippen molar-refractivity contribution in [2.75, 3.05) is 0 Å². The molecule has 1 heterocycles. The SMILES string of the molecule is O=C1NC(=O)C2(CCCCC2)N1Cc1c(Cl)cccc1Cl. The molecule has 1 saturated heterocycles. The summed E-state index contributed by atoms with van der Waals surface area (Å²) in [5, 5.41) is 3.48. The van der Waals surface area contributed by atoms with E-state index in [0.717, 1.165) is 19.3 Å². The van der Waals surface area contributed by atoms with Crippen LogP contribution in [0.2, 0.25) is 10.0 Å². The highest BCUT2D eigenvalue weighted by Crippen LogP contribution is 2.39. The van der Waals surface area contributed by atoms with Gasteiger partial charge < -0.3 is 4.90 Å². The van der Waals surface area contributed by atoms with Gasteiger partial charge in [0.1, 0.15) is 5.54 Å². The number of urea groups is 1. The Hall–Kier alpha value is -1.26. The van der Waals surface area contributed by atoms with Crippen molar-refractivity contribution in [3.63, 3.8) is 0 Å². The van der Waals surface area contributed by atoms with E-state index in [0.29, 0.717) is 28.5 Å². The third-order valence-corrected chi connectivity index (χ3v) is 5.17. The smallest absolute Gasteiger partial charge is 0.305 e. The monoisotopic (exact) mass is 326 g/mol. The molecular weight excluding hydrogens is 311 g/mol. The predicted octanol–water partition coefficient (Wildman–Crippen LogP) is 3.75. The largest absolute Gasteiger partial charge is 0.325 e. The van der Waals surface area contributed by atoms with Crippen LogP contribution >= 0.6 is 23.2 Å². The summed E-state index contributed by atoms with van der Waals surface area (Å²) in [7, 11) is 0. The van der Waals surface area contributed by atoms with Crippen LogP contribution in [-0.4, -0.2) is 22.4 Å². The number of carbonyl (C=O) groups is 2. The molecule has 0 unspecified atom stereocenters. The van der Waals surface area contributed by atoms with E-state index in [1.54, 1.807) is 23.1 Å². The fourth-order valence-corrected chi connectivity index (χ4v) is 3.81. The van der Waals surface area contributed by atoms with E-state index in [9.17, 15) is 9.59 Å². The van der Waals surface area contributed by atoms with Crippen molar-refractivity contribution in [3.8, 4) is 0 Å². The number of hydrogen-bond donors (Lipinski definition) is 1. The first kappa shape index (κ1) is 14.7.